The molecule has 0 radical (unpaired) electrons. The molecule has 1 aliphatic heterocycles. The van der Waals surface area contributed by atoms with Gasteiger partial charge in [-0.15, -0.1) is 22.6 Å². The van der Waals surface area contributed by atoms with E-state index in [1.165, 1.54) is 6.07 Å². The van der Waals surface area contributed by atoms with Gasteiger partial charge in [0.1, 0.15) is 11.8 Å². The van der Waals surface area contributed by atoms with Gasteiger partial charge in [0.2, 0.25) is 11.8 Å². The molecule has 126 valence electrons. The van der Waals surface area contributed by atoms with E-state index in [-0.39, 0.29) is 41.9 Å². The first-order valence-electron chi connectivity index (χ1n) is 6.67. The van der Waals surface area contributed by atoms with Gasteiger partial charge in [0.05, 0.1) is 6.61 Å². The molecule has 3 rings (SSSR count). The highest BCUT2D eigenvalue weighted by Crippen LogP contribution is 2.32. The molecule has 0 aliphatic carbocycles. The molecule has 2 N–H and O–H groups in total. The first-order chi connectivity index (χ1) is 10.4. The van der Waals surface area contributed by atoms with Crippen molar-refractivity contribution in [2.24, 2.45) is 5.73 Å². The molecular formula is C13H14ClF3N4O2. The maximum Gasteiger partial charge on any atom is 0.433 e. The lowest BCUT2D eigenvalue weighted by Gasteiger charge is -2.24. The van der Waals surface area contributed by atoms with Crippen LogP contribution in [0.25, 0.3) is 11.5 Å². The number of pyridine rings is 1. The van der Waals surface area contributed by atoms with Crippen LogP contribution in [0, 0.1) is 0 Å². The quantitative estimate of drug-likeness (QED) is 0.896. The van der Waals surface area contributed by atoms with Gasteiger partial charge in [0, 0.05) is 17.8 Å². The first kappa shape index (κ1) is 17.6. The second-order valence-electron chi connectivity index (χ2n) is 5.03. The van der Waals surface area contributed by atoms with Crippen LogP contribution in [-0.4, -0.2) is 27.8 Å². The van der Waals surface area contributed by atoms with Gasteiger partial charge in [0.15, 0.2) is 0 Å². The lowest BCUT2D eigenvalue weighted by molar-refractivity contribution is -0.141. The summed E-state index contributed by atoms with van der Waals surface area (Å²) in [6, 6.07) is 2.23. The lowest BCUT2D eigenvalue weighted by atomic mass is 10.1. The number of halogens is 4. The van der Waals surface area contributed by atoms with E-state index in [4.69, 9.17) is 14.9 Å². The summed E-state index contributed by atoms with van der Waals surface area (Å²) in [5, 5.41) is 7.63. The van der Waals surface area contributed by atoms with Crippen LogP contribution < -0.4 is 5.73 Å². The molecule has 1 saturated heterocycles. The highest BCUT2D eigenvalue weighted by Gasteiger charge is 2.33. The molecule has 0 saturated carbocycles. The van der Waals surface area contributed by atoms with Gasteiger partial charge in [-0.3, -0.25) is 4.98 Å². The molecule has 1 aliphatic rings. The van der Waals surface area contributed by atoms with Gasteiger partial charge in [-0.2, -0.15) is 13.2 Å². The molecule has 23 heavy (non-hydrogen) atoms. The highest BCUT2D eigenvalue weighted by atomic mass is 35.5. The van der Waals surface area contributed by atoms with E-state index in [1.807, 2.05) is 0 Å². The summed E-state index contributed by atoms with van der Waals surface area (Å²) in [4.78, 5) is 3.29. The fourth-order valence-corrected chi connectivity index (χ4v) is 2.17. The van der Waals surface area contributed by atoms with E-state index in [0.29, 0.717) is 13.0 Å². The summed E-state index contributed by atoms with van der Waals surface area (Å²) >= 11 is 0. The number of hydrogen-bond donors (Lipinski definition) is 1. The zero-order chi connectivity index (χ0) is 15.7. The SMILES string of the molecule is Cl.N[C@@H]1CC[C@@H](c2nnc(-c3ccnc(C(F)(F)F)c3)o2)OC1. The van der Waals surface area contributed by atoms with Crippen LogP contribution in [0.1, 0.15) is 30.5 Å². The molecule has 0 aromatic carbocycles. The first-order valence-corrected chi connectivity index (χ1v) is 6.67. The van der Waals surface area contributed by atoms with E-state index in [2.05, 4.69) is 15.2 Å². The Balaban J connectivity index is 0.00000192. The number of alkyl halides is 3. The van der Waals surface area contributed by atoms with Gasteiger partial charge < -0.3 is 14.9 Å². The molecule has 0 bridgehead atoms. The molecule has 6 nitrogen and oxygen atoms in total. The summed E-state index contributed by atoms with van der Waals surface area (Å²) in [5.74, 6) is 0.244. The minimum atomic E-state index is -4.53. The Hall–Kier alpha value is -1.71. The molecule has 0 amide bonds. The van der Waals surface area contributed by atoms with Crippen molar-refractivity contribution < 1.29 is 22.3 Å². The van der Waals surface area contributed by atoms with E-state index < -0.39 is 11.9 Å². The Kier molecular flexibility index (Phi) is 5.23. The van der Waals surface area contributed by atoms with Gasteiger partial charge in [0.25, 0.3) is 0 Å². The topological polar surface area (TPSA) is 87.1 Å². The van der Waals surface area contributed by atoms with Gasteiger partial charge >= 0.3 is 6.18 Å². The third-order valence-electron chi connectivity index (χ3n) is 3.32. The summed E-state index contributed by atoms with van der Waals surface area (Å²) in [5.41, 5.74) is 4.87. The predicted octanol–water partition coefficient (Wildman–Crippen LogP) is 2.75. The minimum absolute atomic E-state index is 0. The Labute approximate surface area is 135 Å². The van der Waals surface area contributed by atoms with Crippen LogP contribution >= 0.6 is 12.4 Å². The molecule has 1 fully saturated rings. The van der Waals surface area contributed by atoms with Crippen molar-refractivity contribution in [3.05, 3.63) is 29.9 Å². The monoisotopic (exact) mass is 350 g/mol. The normalized spacial score (nSPS) is 21.7. The summed E-state index contributed by atoms with van der Waals surface area (Å²) in [6.45, 7) is 0.385. The molecule has 2 aromatic rings. The number of aromatic nitrogens is 3. The van der Waals surface area contributed by atoms with E-state index in [9.17, 15) is 13.2 Å². The maximum atomic E-state index is 12.7. The van der Waals surface area contributed by atoms with Crippen LogP contribution in [0.4, 0.5) is 13.2 Å². The second kappa shape index (κ2) is 6.81. The Bertz CT molecular complexity index is 657. The average molecular weight is 351 g/mol. The maximum absolute atomic E-state index is 12.7. The summed E-state index contributed by atoms with van der Waals surface area (Å²) in [6.07, 6.45) is -2.45. The van der Waals surface area contributed by atoms with Crippen molar-refractivity contribution in [3.8, 4) is 11.5 Å². The molecular weight excluding hydrogens is 337 g/mol. The Morgan fingerprint density at radius 3 is 2.65 bits per heavy atom. The van der Waals surface area contributed by atoms with Crippen LogP contribution in [0.2, 0.25) is 0 Å². The largest absolute Gasteiger partial charge is 0.433 e. The third kappa shape index (κ3) is 3.98. The van der Waals surface area contributed by atoms with Crippen LogP contribution in [0.3, 0.4) is 0 Å². The second-order valence-corrected chi connectivity index (χ2v) is 5.03. The highest BCUT2D eigenvalue weighted by molar-refractivity contribution is 5.85. The fourth-order valence-electron chi connectivity index (χ4n) is 2.17. The third-order valence-corrected chi connectivity index (χ3v) is 3.32. The number of hydrogen-bond acceptors (Lipinski definition) is 6. The molecule has 3 heterocycles. The van der Waals surface area contributed by atoms with Crippen molar-refractivity contribution in [2.45, 2.75) is 31.2 Å². The minimum Gasteiger partial charge on any atom is -0.418 e. The van der Waals surface area contributed by atoms with Crippen LogP contribution in [0.15, 0.2) is 22.7 Å². The molecule has 2 atom stereocenters. The van der Waals surface area contributed by atoms with Gasteiger partial charge in [-0.1, -0.05) is 0 Å². The fraction of sp³-hybridized carbons (Fsp3) is 0.462. The van der Waals surface area contributed by atoms with Crippen molar-refractivity contribution in [2.75, 3.05) is 6.61 Å². The molecule has 0 unspecified atom stereocenters. The van der Waals surface area contributed by atoms with Gasteiger partial charge in [-0.25, -0.2) is 0 Å². The van der Waals surface area contributed by atoms with Crippen molar-refractivity contribution in [3.63, 3.8) is 0 Å². The lowest BCUT2D eigenvalue weighted by Crippen LogP contribution is -2.32. The number of ether oxygens (including phenoxy) is 1. The van der Waals surface area contributed by atoms with Crippen molar-refractivity contribution in [1.82, 2.24) is 15.2 Å². The van der Waals surface area contributed by atoms with Crippen molar-refractivity contribution in [1.29, 1.82) is 0 Å². The van der Waals surface area contributed by atoms with Gasteiger partial charge in [-0.05, 0) is 25.0 Å². The smallest absolute Gasteiger partial charge is 0.418 e. The standard InChI is InChI=1S/C13H13F3N4O2.ClH/c14-13(15,16)10-5-7(3-4-18-10)11-19-20-12(22-11)9-2-1-8(17)6-21-9;/h3-5,8-9H,1-2,6,17H2;1H/t8-,9+;/m1./s1. The van der Waals surface area contributed by atoms with E-state index in [0.717, 1.165) is 18.7 Å². The summed E-state index contributed by atoms with van der Waals surface area (Å²) < 4.78 is 48.9. The van der Waals surface area contributed by atoms with Crippen LogP contribution in [-0.2, 0) is 10.9 Å². The predicted molar refractivity (Wildman–Crippen MR) is 75.7 cm³/mol. The van der Waals surface area contributed by atoms with Crippen LogP contribution in [0.5, 0.6) is 0 Å². The zero-order valence-corrected chi connectivity index (χ0v) is 12.6. The Morgan fingerprint density at radius 2 is 2.00 bits per heavy atom. The average Bonchev–Trinajstić information content (AvgIpc) is 2.97. The number of nitrogens with zero attached hydrogens (tertiary/aromatic N) is 3. The summed E-state index contributed by atoms with van der Waals surface area (Å²) in [7, 11) is 0. The number of rotatable bonds is 2. The van der Waals surface area contributed by atoms with E-state index >= 15 is 0 Å². The zero-order valence-electron chi connectivity index (χ0n) is 11.8. The molecule has 2 aromatic heterocycles. The number of nitrogens with two attached hydrogens (primary N) is 1. The molecule has 10 heteroatoms. The van der Waals surface area contributed by atoms with Crippen molar-refractivity contribution >= 4 is 12.4 Å². The van der Waals surface area contributed by atoms with E-state index in [1.54, 1.807) is 0 Å². The Morgan fingerprint density at radius 1 is 1.22 bits per heavy atom. The molecule has 0 spiro atoms.